The fourth-order valence-corrected chi connectivity index (χ4v) is 2.50. The van der Waals surface area contributed by atoms with Crippen LogP contribution in [0.25, 0.3) is 10.8 Å². The maximum absolute atomic E-state index is 9.32. The van der Waals surface area contributed by atoms with Gasteiger partial charge in [0.15, 0.2) is 5.82 Å². The van der Waals surface area contributed by atoms with Gasteiger partial charge in [-0.3, -0.25) is 5.10 Å². The van der Waals surface area contributed by atoms with Gasteiger partial charge in [-0.15, -0.1) is 0 Å². The molecule has 0 aliphatic rings. The smallest absolute Gasteiger partial charge is 0.223 e. The quantitative estimate of drug-likeness (QED) is 0.737. The van der Waals surface area contributed by atoms with E-state index in [1.165, 1.54) is 0 Å². The number of benzene rings is 1. The van der Waals surface area contributed by atoms with Gasteiger partial charge in [0.05, 0.1) is 18.8 Å². The van der Waals surface area contributed by atoms with Crippen molar-refractivity contribution in [2.45, 2.75) is 26.9 Å². The second-order valence-corrected chi connectivity index (χ2v) is 5.93. The minimum atomic E-state index is -0.0498. The molecule has 2 heterocycles. The van der Waals surface area contributed by atoms with E-state index < -0.39 is 0 Å². The van der Waals surface area contributed by atoms with E-state index in [0.717, 1.165) is 16.5 Å². The van der Waals surface area contributed by atoms with E-state index in [0.29, 0.717) is 28.8 Å². The van der Waals surface area contributed by atoms with Crippen LogP contribution in [0.3, 0.4) is 0 Å². The molecule has 7 nitrogen and oxygen atoms in total. The van der Waals surface area contributed by atoms with E-state index in [1.807, 2.05) is 39.0 Å². The topological polar surface area (TPSA) is 95.8 Å². The highest BCUT2D eigenvalue weighted by atomic mass is 16.5. The molecule has 0 aliphatic heterocycles. The number of anilines is 2. The second kappa shape index (κ2) is 6.69. The van der Waals surface area contributed by atoms with Crippen LogP contribution >= 0.6 is 0 Å². The fraction of sp³-hybridized carbons (Fsp3) is 0.278. The van der Waals surface area contributed by atoms with E-state index in [-0.39, 0.29) is 6.10 Å². The Balaban J connectivity index is 2.14. The van der Waals surface area contributed by atoms with E-state index >= 15 is 0 Å². The van der Waals surface area contributed by atoms with Crippen molar-refractivity contribution in [2.75, 3.05) is 12.4 Å². The third kappa shape index (κ3) is 3.48. The summed E-state index contributed by atoms with van der Waals surface area (Å²) in [4.78, 5) is 4.54. The number of nitriles is 1. The molecule has 0 bridgehead atoms. The van der Waals surface area contributed by atoms with Crippen molar-refractivity contribution in [1.82, 2.24) is 15.2 Å². The number of nitrogens with one attached hydrogen (secondary N) is 2. The molecular weight excluding hydrogens is 318 g/mol. The van der Waals surface area contributed by atoms with Gasteiger partial charge in [-0.1, -0.05) is 0 Å². The van der Waals surface area contributed by atoms with Crippen LogP contribution in [0.1, 0.15) is 25.1 Å². The summed E-state index contributed by atoms with van der Waals surface area (Å²) in [5.41, 5.74) is 1.39. The fourth-order valence-electron chi connectivity index (χ4n) is 2.50. The van der Waals surface area contributed by atoms with E-state index in [4.69, 9.17) is 9.47 Å². The first kappa shape index (κ1) is 16.6. The molecule has 2 N–H and O–H groups in total. The molecular formula is C18H19N5O2. The van der Waals surface area contributed by atoms with Crippen molar-refractivity contribution in [3.05, 3.63) is 35.5 Å². The number of pyridine rings is 1. The van der Waals surface area contributed by atoms with Crippen LogP contribution in [-0.4, -0.2) is 28.4 Å². The summed E-state index contributed by atoms with van der Waals surface area (Å²) in [6.45, 7) is 5.78. The number of aryl methyl sites for hydroxylation is 1. The number of hydrogen-bond acceptors (Lipinski definition) is 6. The molecule has 0 unspecified atom stereocenters. The van der Waals surface area contributed by atoms with Crippen molar-refractivity contribution >= 4 is 22.4 Å². The van der Waals surface area contributed by atoms with Crippen LogP contribution in [0.2, 0.25) is 0 Å². The zero-order valence-corrected chi connectivity index (χ0v) is 14.5. The largest absolute Gasteiger partial charge is 0.495 e. The predicted octanol–water partition coefficient (Wildman–Crippen LogP) is 3.68. The third-order valence-electron chi connectivity index (χ3n) is 3.55. The van der Waals surface area contributed by atoms with Crippen LogP contribution in [0.5, 0.6) is 11.6 Å². The van der Waals surface area contributed by atoms with Crippen LogP contribution in [0.15, 0.2) is 24.3 Å². The molecule has 0 saturated heterocycles. The van der Waals surface area contributed by atoms with Gasteiger partial charge in [-0.2, -0.15) is 15.3 Å². The first-order chi connectivity index (χ1) is 12.0. The molecule has 7 heteroatoms. The summed E-state index contributed by atoms with van der Waals surface area (Å²) in [5.74, 6) is 2.24. The lowest BCUT2D eigenvalue weighted by Crippen LogP contribution is -2.08. The zero-order valence-electron chi connectivity index (χ0n) is 14.5. The Hall–Kier alpha value is -3.27. The molecule has 25 heavy (non-hydrogen) atoms. The highest BCUT2D eigenvalue weighted by Gasteiger charge is 2.14. The van der Waals surface area contributed by atoms with Gasteiger partial charge in [-0.25, -0.2) is 0 Å². The number of hydrogen-bond donors (Lipinski definition) is 2. The van der Waals surface area contributed by atoms with Gasteiger partial charge in [0.25, 0.3) is 0 Å². The lowest BCUT2D eigenvalue weighted by molar-refractivity contribution is 0.236. The van der Waals surface area contributed by atoms with Gasteiger partial charge in [0.1, 0.15) is 17.6 Å². The summed E-state index contributed by atoms with van der Waals surface area (Å²) >= 11 is 0. The predicted molar refractivity (Wildman–Crippen MR) is 95.4 cm³/mol. The number of nitrogens with zero attached hydrogens (tertiary/aromatic N) is 3. The molecule has 0 amide bonds. The summed E-state index contributed by atoms with van der Waals surface area (Å²) in [7, 11) is 1.54. The number of ether oxygens (including phenoxy) is 2. The first-order valence-corrected chi connectivity index (χ1v) is 7.88. The standard InChI is InChI=1S/C18H19N5O2/c1-10(2)25-18-14-6-13(9-19)15(24-4)7-12(14)8-16(21-18)20-17-5-11(3)22-23-17/h5-8,10H,1-4H3,(H2,20,21,22,23). The van der Waals surface area contributed by atoms with Crippen LogP contribution < -0.4 is 14.8 Å². The first-order valence-electron chi connectivity index (χ1n) is 7.88. The average Bonchev–Trinajstić information content (AvgIpc) is 2.98. The lowest BCUT2D eigenvalue weighted by Gasteiger charge is -2.14. The highest BCUT2D eigenvalue weighted by Crippen LogP contribution is 2.33. The third-order valence-corrected chi connectivity index (χ3v) is 3.55. The second-order valence-electron chi connectivity index (χ2n) is 5.93. The molecule has 3 aromatic rings. The minimum absolute atomic E-state index is 0.0498. The molecule has 0 fully saturated rings. The number of H-pyrrole nitrogens is 1. The van der Waals surface area contributed by atoms with Crippen LogP contribution in [0.4, 0.5) is 11.6 Å². The normalized spacial score (nSPS) is 10.7. The average molecular weight is 337 g/mol. The molecule has 0 spiro atoms. The van der Waals surface area contributed by atoms with Crippen LogP contribution in [-0.2, 0) is 0 Å². The molecule has 1 aromatic carbocycles. The van der Waals surface area contributed by atoms with Gasteiger partial charge in [0.2, 0.25) is 5.88 Å². The van der Waals surface area contributed by atoms with Gasteiger partial charge >= 0.3 is 0 Å². The SMILES string of the molecule is COc1cc2cc(Nc3cc(C)[nH]n3)nc(OC(C)C)c2cc1C#N. The maximum Gasteiger partial charge on any atom is 0.223 e. The molecule has 3 rings (SSSR count). The number of fused-ring (bicyclic) bond motifs is 1. The van der Waals surface area contributed by atoms with Crippen molar-refractivity contribution in [3.63, 3.8) is 0 Å². The lowest BCUT2D eigenvalue weighted by atomic mass is 10.1. The van der Waals surface area contributed by atoms with Gasteiger partial charge in [0, 0.05) is 17.1 Å². The zero-order chi connectivity index (χ0) is 18.0. The number of aromatic nitrogens is 3. The van der Waals surface area contributed by atoms with Crippen molar-refractivity contribution in [2.24, 2.45) is 0 Å². The number of aromatic amines is 1. The Labute approximate surface area is 145 Å². The monoisotopic (exact) mass is 337 g/mol. The Morgan fingerprint density at radius 3 is 2.60 bits per heavy atom. The highest BCUT2D eigenvalue weighted by molar-refractivity contribution is 5.92. The van der Waals surface area contributed by atoms with Gasteiger partial charge < -0.3 is 14.8 Å². The summed E-state index contributed by atoms with van der Waals surface area (Å²) in [5, 5.41) is 21.1. The Bertz CT molecular complexity index is 956. The number of methoxy groups -OCH3 is 1. The molecule has 0 aliphatic carbocycles. The Morgan fingerprint density at radius 2 is 2.00 bits per heavy atom. The van der Waals surface area contributed by atoms with Crippen molar-refractivity contribution in [3.8, 4) is 17.7 Å². The molecule has 0 atom stereocenters. The van der Waals surface area contributed by atoms with E-state index in [9.17, 15) is 5.26 Å². The maximum atomic E-state index is 9.32. The Kier molecular flexibility index (Phi) is 4.44. The van der Waals surface area contributed by atoms with Crippen molar-refractivity contribution < 1.29 is 9.47 Å². The van der Waals surface area contributed by atoms with Crippen molar-refractivity contribution in [1.29, 1.82) is 5.26 Å². The molecule has 2 aromatic heterocycles. The summed E-state index contributed by atoms with van der Waals surface area (Å²) in [6.07, 6.45) is -0.0498. The molecule has 0 saturated carbocycles. The summed E-state index contributed by atoms with van der Waals surface area (Å²) < 4.78 is 11.2. The minimum Gasteiger partial charge on any atom is -0.495 e. The number of rotatable bonds is 5. The molecule has 128 valence electrons. The Morgan fingerprint density at radius 1 is 1.20 bits per heavy atom. The van der Waals surface area contributed by atoms with E-state index in [2.05, 4.69) is 26.6 Å². The molecule has 0 radical (unpaired) electrons. The summed E-state index contributed by atoms with van der Waals surface area (Å²) in [6, 6.07) is 9.44. The van der Waals surface area contributed by atoms with E-state index in [1.54, 1.807) is 13.2 Å². The van der Waals surface area contributed by atoms with Gasteiger partial charge in [-0.05, 0) is 44.4 Å². The van der Waals surface area contributed by atoms with Crippen LogP contribution in [0, 0.1) is 18.3 Å².